The molecular formula is C20H25BrN8O2. The van der Waals surface area contributed by atoms with Gasteiger partial charge in [-0.25, -0.2) is 0 Å². The fourth-order valence-electron chi connectivity index (χ4n) is 3.61. The van der Waals surface area contributed by atoms with Crippen LogP contribution in [0.25, 0.3) is 5.78 Å². The molecule has 0 radical (unpaired) electrons. The van der Waals surface area contributed by atoms with Crippen LogP contribution in [0.4, 0.5) is 11.6 Å². The molecule has 1 fully saturated rings. The van der Waals surface area contributed by atoms with Gasteiger partial charge in [-0.2, -0.15) is 9.50 Å². The van der Waals surface area contributed by atoms with Crippen LogP contribution in [0.3, 0.4) is 0 Å². The van der Waals surface area contributed by atoms with E-state index in [0.717, 1.165) is 27.4 Å². The number of carbonyl (C=O) groups excluding carboxylic acids is 1. The van der Waals surface area contributed by atoms with E-state index in [1.54, 1.807) is 11.4 Å². The van der Waals surface area contributed by atoms with Crippen molar-refractivity contribution in [1.82, 2.24) is 29.9 Å². The number of halogens is 1. The second kappa shape index (κ2) is 9.04. The molecule has 2 aromatic heterocycles. The van der Waals surface area contributed by atoms with Crippen molar-refractivity contribution in [2.75, 3.05) is 43.0 Å². The second-order valence-electron chi connectivity index (χ2n) is 7.37. The number of aromatic nitrogens is 5. The van der Waals surface area contributed by atoms with Crippen LogP contribution in [-0.4, -0.2) is 68.6 Å². The summed E-state index contributed by atoms with van der Waals surface area (Å²) in [4.78, 5) is 20.2. The highest BCUT2D eigenvalue weighted by atomic mass is 79.9. The van der Waals surface area contributed by atoms with Gasteiger partial charge in [-0.3, -0.25) is 4.79 Å². The molecule has 0 spiro atoms. The van der Waals surface area contributed by atoms with Crippen LogP contribution >= 0.6 is 15.9 Å². The quantitative estimate of drug-likeness (QED) is 0.564. The molecule has 3 aromatic rings. The highest BCUT2D eigenvalue weighted by Crippen LogP contribution is 2.30. The van der Waals surface area contributed by atoms with Gasteiger partial charge in [0.05, 0.1) is 11.1 Å². The molecule has 1 amide bonds. The van der Waals surface area contributed by atoms with Crippen molar-refractivity contribution < 1.29 is 9.53 Å². The summed E-state index contributed by atoms with van der Waals surface area (Å²) in [7, 11) is 0. The molecule has 0 aliphatic carbocycles. The van der Waals surface area contributed by atoms with E-state index in [1.807, 2.05) is 36.1 Å². The molecule has 164 valence electrons. The number of hydrogen-bond acceptors (Lipinski definition) is 8. The average Bonchev–Trinajstić information content (AvgIpc) is 3.24. The second-order valence-corrected chi connectivity index (χ2v) is 8.23. The normalized spacial score (nSPS) is 15.2. The van der Waals surface area contributed by atoms with Crippen LogP contribution in [0.5, 0.6) is 5.75 Å². The van der Waals surface area contributed by atoms with Gasteiger partial charge in [-0.15, -0.1) is 0 Å². The predicted octanol–water partition coefficient (Wildman–Crippen LogP) is 2.52. The largest absolute Gasteiger partial charge is 0.493 e. The Morgan fingerprint density at radius 3 is 2.71 bits per heavy atom. The number of carbonyl (C=O) groups is 1. The molecule has 1 aliphatic rings. The molecular weight excluding hydrogens is 464 g/mol. The van der Waals surface area contributed by atoms with E-state index in [0.29, 0.717) is 38.6 Å². The maximum Gasteiger partial charge on any atom is 0.277 e. The molecule has 1 aliphatic heterocycles. The van der Waals surface area contributed by atoms with E-state index in [2.05, 4.69) is 53.6 Å². The van der Waals surface area contributed by atoms with Gasteiger partial charge < -0.3 is 19.9 Å². The van der Waals surface area contributed by atoms with Crippen molar-refractivity contribution in [1.29, 1.82) is 0 Å². The third kappa shape index (κ3) is 4.55. The maximum atomic E-state index is 11.6. The number of fused-ring (bicyclic) bond motifs is 1. The summed E-state index contributed by atoms with van der Waals surface area (Å²) in [6, 6.07) is 7.98. The van der Waals surface area contributed by atoms with Gasteiger partial charge in [0.1, 0.15) is 17.4 Å². The van der Waals surface area contributed by atoms with Crippen molar-refractivity contribution in [3.63, 3.8) is 0 Å². The number of ether oxygens (including phenoxy) is 1. The number of tetrazole rings is 1. The first-order chi connectivity index (χ1) is 15.0. The Labute approximate surface area is 188 Å². The number of nitrogens with zero attached hydrogens (tertiary/aromatic N) is 7. The third-order valence-electron chi connectivity index (χ3n) is 5.33. The summed E-state index contributed by atoms with van der Waals surface area (Å²) in [6.45, 7) is 9.02. The van der Waals surface area contributed by atoms with Gasteiger partial charge in [-0.1, -0.05) is 11.2 Å². The Balaban J connectivity index is 1.57. The number of piperazine rings is 1. The van der Waals surface area contributed by atoms with Gasteiger partial charge in [0.25, 0.3) is 5.78 Å². The van der Waals surface area contributed by atoms with E-state index in [1.165, 1.54) is 0 Å². The first kappa shape index (κ1) is 21.3. The van der Waals surface area contributed by atoms with Crippen LogP contribution in [0.15, 0.2) is 28.7 Å². The van der Waals surface area contributed by atoms with Crippen molar-refractivity contribution in [3.05, 3.63) is 34.3 Å². The number of rotatable bonds is 6. The zero-order valence-electron chi connectivity index (χ0n) is 17.7. The zero-order valence-corrected chi connectivity index (χ0v) is 19.3. The molecule has 0 saturated carbocycles. The summed E-state index contributed by atoms with van der Waals surface area (Å²) < 4.78 is 8.11. The molecule has 10 nitrogen and oxygen atoms in total. The van der Waals surface area contributed by atoms with E-state index in [9.17, 15) is 4.79 Å². The van der Waals surface area contributed by atoms with Crippen LogP contribution in [0.1, 0.15) is 32.4 Å². The molecule has 0 unspecified atom stereocenters. The third-order valence-corrected chi connectivity index (χ3v) is 5.95. The number of amides is 1. The lowest BCUT2D eigenvalue weighted by Gasteiger charge is -2.35. The summed E-state index contributed by atoms with van der Waals surface area (Å²) >= 11 is 3.58. The minimum Gasteiger partial charge on any atom is -0.493 e. The summed E-state index contributed by atoms with van der Waals surface area (Å²) in [6.07, 6.45) is 0. The van der Waals surface area contributed by atoms with Gasteiger partial charge in [-0.05, 0) is 57.9 Å². The van der Waals surface area contributed by atoms with Crippen molar-refractivity contribution >= 4 is 39.3 Å². The first-order valence-electron chi connectivity index (χ1n) is 10.2. The lowest BCUT2D eigenvalue weighted by Crippen LogP contribution is -2.48. The Morgan fingerprint density at radius 2 is 2.03 bits per heavy atom. The van der Waals surface area contributed by atoms with Gasteiger partial charge in [0.2, 0.25) is 5.91 Å². The van der Waals surface area contributed by atoms with Crippen LogP contribution in [-0.2, 0) is 4.79 Å². The van der Waals surface area contributed by atoms with Gasteiger partial charge in [0, 0.05) is 45.2 Å². The SMILES string of the molecule is CCOc1ccc([C@@H](C)Nc2cc(N3CCN(C(C)=O)CC3)nc3nnnn23)cc1Br. The van der Waals surface area contributed by atoms with E-state index >= 15 is 0 Å². The van der Waals surface area contributed by atoms with Crippen LogP contribution < -0.4 is 15.0 Å². The minimum atomic E-state index is -0.0100. The number of nitrogens with one attached hydrogen (secondary N) is 1. The lowest BCUT2D eigenvalue weighted by molar-refractivity contribution is -0.129. The molecule has 31 heavy (non-hydrogen) atoms. The fraction of sp³-hybridized carbons (Fsp3) is 0.450. The summed E-state index contributed by atoms with van der Waals surface area (Å²) in [5, 5.41) is 15.4. The zero-order chi connectivity index (χ0) is 22.0. The first-order valence-corrected chi connectivity index (χ1v) is 11.0. The minimum absolute atomic E-state index is 0.0100. The number of hydrogen-bond donors (Lipinski definition) is 1. The Hall–Kier alpha value is -2.95. The number of benzene rings is 1. The Bertz CT molecular complexity index is 1080. The Morgan fingerprint density at radius 1 is 1.26 bits per heavy atom. The van der Waals surface area contributed by atoms with Crippen LogP contribution in [0.2, 0.25) is 0 Å². The van der Waals surface area contributed by atoms with Gasteiger partial charge in [0.15, 0.2) is 0 Å². The van der Waals surface area contributed by atoms with Crippen molar-refractivity contribution in [2.24, 2.45) is 0 Å². The average molecular weight is 489 g/mol. The Kier molecular flexibility index (Phi) is 6.21. The predicted molar refractivity (Wildman–Crippen MR) is 120 cm³/mol. The van der Waals surface area contributed by atoms with E-state index in [4.69, 9.17) is 4.74 Å². The topological polar surface area (TPSA) is 101 Å². The summed E-state index contributed by atoms with van der Waals surface area (Å²) in [5.41, 5.74) is 1.09. The fourth-order valence-corrected chi connectivity index (χ4v) is 4.12. The standard InChI is InChI=1S/C20H25BrN8O2/c1-4-31-17-6-5-15(11-16(17)21)13(2)22-19-12-18(23-20-24-25-26-29(19)20)28-9-7-27(8-10-28)14(3)30/h5-6,11-13,22H,4,7-10H2,1-3H3/t13-/m1/s1. The molecule has 1 atom stereocenters. The number of anilines is 2. The lowest BCUT2D eigenvalue weighted by atomic mass is 10.1. The maximum absolute atomic E-state index is 11.6. The van der Waals surface area contributed by atoms with Crippen molar-refractivity contribution in [3.8, 4) is 5.75 Å². The molecule has 1 saturated heterocycles. The highest BCUT2D eigenvalue weighted by molar-refractivity contribution is 9.10. The van der Waals surface area contributed by atoms with Crippen molar-refractivity contribution in [2.45, 2.75) is 26.8 Å². The monoisotopic (exact) mass is 488 g/mol. The molecule has 3 heterocycles. The van der Waals surface area contributed by atoms with E-state index in [-0.39, 0.29) is 11.9 Å². The smallest absolute Gasteiger partial charge is 0.277 e. The highest BCUT2D eigenvalue weighted by Gasteiger charge is 2.22. The molecule has 11 heteroatoms. The summed E-state index contributed by atoms with van der Waals surface area (Å²) in [5.74, 6) is 2.87. The molecule has 4 rings (SSSR count). The molecule has 1 N–H and O–H groups in total. The molecule has 0 bridgehead atoms. The van der Waals surface area contributed by atoms with Crippen LogP contribution in [0, 0.1) is 0 Å². The van der Waals surface area contributed by atoms with E-state index < -0.39 is 0 Å². The van der Waals surface area contributed by atoms with Gasteiger partial charge >= 0.3 is 0 Å². The molecule has 1 aromatic carbocycles.